The number of ether oxygens (including phenoxy) is 3. The number of anilines is 2. The molecule has 2 amide bonds. The largest absolute Gasteiger partial charge is 0.508 e. The van der Waals surface area contributed by atoms with E-state index in [4.69, 9.17) is 60.6 Å². The highest BCUT2D eigenvalue weighted by molar-refractivity contribution is 6.38. The van der Waals surface area contributed by atoms with Crippen LogP contribution in [0.15, 0.2) is 109 Å². The summed E-state index contributed by atoms with van der Waals surface area (Å²) in [5, 5.41) is 20.1. The number of esters is 2. The summed E-state index contributed by atoms with van der Waals surface area (Å²) >= 11 is 26.7. The molecule has 0 spiro atoms. The van der Waals surface area contributed by atoms with Gasteiger partial charge in [-0.2, -0.15) is 13.2 Å². The van der Waals surface area contributed by atoms with Crippen molar-refractivity contribution in [3.05, 3.63) is 163 Å². The van der Waals surface area contributed by atoms with Crippen molar-refractivity contribution in [2.45, 2.75) is 52.6 Å². The van der Waals surface area contributed by atoms with Gasteiger partial charge in [-0.1, -0.05) is 92.3 Å². The predicted molar refractivity (Wildman–Crippen MR) is 255 cm³/mol. The van der Waals surface area contributed by atoms with Crippen molar-refractivity contribution in [3.8, 4) is 34.5 Å². The van der Waals surface area contributed by atoms with E-state index in [-0.39, 0.29) is 83.2 Å². The van der Waals surface area contributed by atoms with Gasteiger partial charge in [-0.05, 0) is 115 Å². The van der Waals surface area contributed by atoms with E-state index in [2.05, 4.69) is 0 Å². The zero-order chi connectivity index (χ0) is 49.8. The molecule has 18 heteroatoms. The molecule has 0 bridgehead atoms. The highest BCUT2D eigenvalue weighted by atomic mass is 35.5. The molecule has 0 aromatic heterocycles. The summed E-state index contributed by atoms with van der Waals surface area (Å²) in [7, 11) is 0. The third-order valence-electron chi connectivity index (χ3n) is 10.4. The Labute approximate surface area is 409 Å². The smallest absolute Gasteiger partial charge is 0.416 e. The lowest BCUT2D eigenvalue weighted by molar-refractivity contribution is -0.157. The van der Waals surface area contributed by atoms with Crippen LogP contribution < -0.4 is 19.3 Å². The maximum atomic E-state index is 14.2. The van der Waals surface area contributed by atoms with Crippen LogP contribution in [0, 0.1) is 6.92 Å². The Morgan fingerprint density at radius 2 is 1.00 bits per heavy atom. The normalized spacial score (nSPS) is 11.4. The summed E-state index contributed by atoms with van der Waals surface area (Å²) in [5.41, 5.74) is 0.387. The summed E-state index contributed by atoms with van der Waals surface area (Å²) in [6, 6.07) is 23.8. The van der Waals surface area contributed by atoms with Gasteiger partial charge in [0, 0.05) is 33.6 Å². The fourth-order valence-corrected chi connectivity index (χ4v) is 7.98. The molecule has 0 aliphatic rings. The molecule has 6 aromatic rings. The highest BCUT2D eigenvalue weighted by Crippen LogP contribution is 2.43. The number of amides is 2. The Kier molecular flexibility index (Phi) is 15.9. The SMILES string of the molecule is Cc1ccccc1C(=O)N(CC(=O)OC(=O)CN(C(=O)c1ccc(C(F)(F)F)cc1)c1cc(Cl)c(Oc2ccc(O)c(C(C)C)c2)c(Cl)c1)c1cc(Cl)c(Oc2ccc(O)c(C(C)C)c2)c(Cl)c1. The van der Waals surface area contributed by atoms with Crippen LogP contribution in [0.4, 0.5) is 24.5 Å². The number of aromatic hydroxyl groups is 2. The van der Waals surface area contributed by atoms with Crippen molar-refractivity contribution in [1.82, 2.24) is 0 Å². The second kappa shape index (κ2) is 21.2. The minimum absolute atomic E-state index is 0.00277. The van der Waals surface area contributed by atoms with Crippen molar-refractivity contribution >= 4 is 81.5 Å². The lowest BCUT2D eigenvalue weighted by atomic mass is 10.0. The van der Waals surface area contributed by atoms with Crippen molar-refractivity contribution in [1.29, 1.82) is 0 Å². The van der Waals surface area contributed by atoms with Crippen LogP contribution in [0.2, 0.25) is 20.1 Å². The lowest BCUT2D eigenvalue weighted by Gasteiger charge is -2.25. The first-order valence-electron chi connectivity index (χ1n) is 20.6. The molecule has 0 atom stereocenters. The van der Waals surface area contributed by atoms with E-state index >= 15 is 0 Å². The number of rotatable bonds is 14. The van der Waals surface area contributed by atoms with Gasteiger partial charge >= 0.3 is 18.1 Å². The topological polar surface area (TPSA) is 143 Å². The molecule has 68 heavy (non-hydrogen) atoms. The summed E-state index contributed by atoms with van der Waals surface area (Å²) in [6.07, 6.45) is -4.72. The summed E-state index contributed by atoms with van der Waals surface area (Å²) in [5.74, 6) is -3.89. The Balaban J connectivity index is 1.30. The number of hydrogen-bond donors (Lipinski definition) is 2. The van der Waals surface area contributed by atoms with E-state index in [1.807, 2.05) is 27.7 Å². The minimum Gasteiger partial charge on any atom is -0.508 e. The van der Waals surface area contributed by atoms with Crippen LogP contribution >= 0.6 is 46.4 Å². The fourth-order valence-electron chi connectivity index (χ4n) is 6.88. The molecule has 6 rings (SSSR count). The molecular weight excluding hydrogens is 971 g/mol. The van der Waals surface area contributed by atoms with Crippen LogP contribution in [0.1, 0.15) is 82.5 Å². The molecular formula is C50H41Cl4F3N2O9. The molecule has 0 heterocycles. The molecule has 0 fully saturated rings. The maximum Gasteiger partial charge on any atom is 0.416 e. The third kappa shape index (κ3) is 12.0. The second-order valence-electron chi connectivity index (χ2n) is 16.0. The van der Waals surface area contributed by atoms with Gasteiger partial charge in [0.2, 0.25) is 0 Å². The molecule has 2 N–H and O–H groups in total. The van der Waals surface area contributed by atoms with Gasteiger partial charge in [0.05, 0.1) is 25.7 Å². The predicted octanol–water partition coefficient (Wildman–Crippen LogP) is 13.9. The Morgan fingerprint density at radius 1 is 0.588 bits per heavy atom. The molecule has 354 valence electrons. The van der Waals surface area contributed by atoms with Crippen LogP contribution in [0.5, 0.6) is 34.5 Å². The number of phenolic OH excluding ortho intramolecular Hbond substituents is 2. The standard InChI is InChI=1S/C50H41Cl4F3N2O9/c1-26(2)36-22-33(14-16-42(36)60)66-46-38(51)18-31(19-39(46)52)58(48(64)29-10-12-30(13-11-29)50(55,56)57)24-44(62)68-45(63)25-59(49(65)35-9-7-6-8-28(35)5)32-20-40(53)47(41(54)21-32)67-34-15-17-43(61)37(23-34)27(3)4/h6-23,26-27,60-61H,24-25H2,1-5H3. The summed E-state index contributed by atoms with van der Waals surface area (Å²) in [4.78, 5) is 57.5. The molecule has 0 unspecified atom stereocenters. The number of benzene rings is 6. The molecule has 0 aliphatic heterocycles. The minimum atomic E-state index is -4.72. The lowest BCUT2D eigenvalue weighted by Crippen LogP contribution is -2.40. The first-order valence-corrected chi connectivity index (χ1v) is 22.1. The van der Waals surface area contributed by atoms with E-state index in [0.29, 0.717) is 34.6 Å². The Hall–Kier alpha value is -6.45. The maximum absolute atomic E-state index is 14.2. The number of carbonyl (C=O) groups is 4. The van der Waals surface area contributed by atoms with Crippen molar-refractivity contribution in [3.63, 3.8) is 0 Å². The average molecular weight is 1010 g/mol. The third-order valence-corrected chi connectivity index (χ3v) is 11.5. The van der Waals surface area contributed by atoms with Crippen LogP contribution in [-0.4, -0.2) is 47.1 Å². The number of halogens is 7. The first kappa shape index (κ1) is 51.0. The highest BCUT2D eigenvalue weighted by Gasteiger charge is 2.32. The molecule has 0 aliphatic carbocycles. The number of phenols is 2. The van der Waals surface area contributed by atoms with Crippen LogP contribution in [0.3, 0.4) is 0 Å². The Morgan fingerprint density at radius 3 is 1.40 bits per heavy atom. The van der Waals surface area contributed by atoms with Gasteiger partial charge in [-0.15, -0.1) is 0 Å². The average Bonchev–Trinajstić information content (AvgIpc) is 3.27. The van der Waals surface area contributed by atoms with Crippen LogP contribution in [-0.2, 0) is 20.5 Å². The van der Waals surface area contributed by atoms with E-state index < -0.39 is 48.6 Å². The molecule has 0 radical (unpaired) electrons. The van der Waals surface area contributed by atoms with Crippen LogP contribution in [0.25, 0.3) is 0 Å². The Bertz CT molecular complexity index is 2860. The number of nitrogens with zero attached hydrogens (tertiary/aromatic N) is 2. The van der Waals surface area contributed by atoms with Crippen molar-refractivity contribution in [2.75, 3.05) is 22.9 Å². The van der Waals surface area contributed by atoms with Crippen molar-refractivity contribution in [2.24, 2.45) is 0 Å². The van der Waals surface area contributed by atoms with Gasteiger partial charge < -0.3 is 24.4 Å². The van der Waals surface area contributed by atoms with Gasteiger partial charge in [0.1, 0.15) is 36.1 Å². The van der Waals surface area contributed by atoms with Crippen molar-refractivity contribution < 1.29 is 56.8 Å². The molecule has 0 saturated carbocycles. The molecule has 6 aromatic carbocycles. The van der Waals surface area contributed by atoms with E-state index in [9.17, 15) is 42.6 Å². The number of hydrogen-bond acceptors (Lipinski definition) is 9. The molecule has 11 nitrogen and oxygen atoms in total. The van der Waals surface area contributed by atoms with E-state index in [1.54, 1.807) is 37.3 Å². The van der Waals surface area contributed by atoms with Gasteiger partial charge in [-0.3, -0.25) is 19.4 Å². The van der Waals surface area contributed by atoms with E-state index in [0.717, 1.165) is 21.9 Å². The monoisotopic (exact) mass is 1010 g/mol. The van der Waals surface area contributed by atoms with Gasteiger partial charge in [-0.25, -0.2) is 9.59 Å². The first-order chi connectivity index (χ1) is 32.0. The zero-order valence-electron chi connectivity index (χ0n) is 36.8. The number of carbonyl (C=O) groups excluding carboxylic acids is 4. The van der Waals surface area contributed by atoms with Gasteiger partial charge in [0.25, 0.3) is 11.8 Å². The fraction of sp³-hybridized carbons (Fsp3) is 0.200. The van der Waals surface area contributed by atoms with Gasteiger partial charge in [0.15, 0.2) is 11.5 Å². The number of alkyl halides is 3. The van der Waals surface area contributed by atoms with E-state index in [1.165, 1.54) is 54.6 Å². The summed E-state index contributed by atoms with van der Waals surface area (Å²) < 4.78 is 57.5. The second-order valence-corrected chi connectivity index (χ2v) is 17.6. The number of aryl methyl sites for hydroxylation is 1. The summed E-state index contributed by atoms with van der Waals surface area (Å²) in [6.45, 7) is 7.25. The molecule has 0 saturated heterocycles. The zero-order valence-corrected chi connectivity index (χ0v) is 39.8. The quantitative estimate of drug-likeness (QED) is 0.0805.